The molecule has 4 aromatic rings. The second-order valence-corrected chi connectivity index (χ2v) is 42.2. The van der Waals surface area contributed by atoms with Crippen LogP contribution in [0.25, 0.3) is 23.3 Å². The van der Waals surface area contributed by atoms with Gasteiger partial charge < -0.3 is 48.8 Å². The minimum Gasteiger partial charge on any atom is -0.481 e. The molecular weight excluding hydrogens is 1500 g/mol. The number of hydrogen-bond acceptors (Lipinski definition) is 20. The molecule has 7 saturated carbocycles. The van der Waals surface area contributed by atoms with Crippen LogP contribution in [0.15, 0.2) is 40.9 Å². The molecule has 9 aliphatic carbocycles. The lowest BCUT2D eigenvalue weighted by Crippen LogP contribution is -2.66. The number of carbonyl (C=O) groups is 6. The van der Waals surface area contributed by atoms with E-state index in [0.717, 1.165) is 118 Å². The molecule has 0 amide bonds. The number of hydrogen-bond donors (Lipinski definition) is 4. The van der Waals surface area contributed by atoms with Gasteiger partial charge in [0.1, 0.15) is 24.4 Å². The minimum atomic E-state index is -1.91. The van der Waals surface area contributed by atoms with E-state index in [1.807, 2.05) is 49.5 Å². The predicted molar refractivity (Wildman–Crippen MR) is 440 cm³/mol. The molecule has 4 heterocycles. The first kappa shape index (κ1) is 88.6. The molecule has 26 heteroatoms. The number of carbonyl (C=O) groups excluding carboxylic acids is 4. The smallest absolute Gasteiger partial charge is 0.310 e. The number of allylic oxidation sites excluding steroid dienone is 2. The van der Waals surface area contributed by atoms with Crippen LogP contribution < -0.4 is 0 Å². The van der Waals surface area contributed by atoms with Crippen molar-refractivity contribution < 1.29 is 67.4 Å². The molecule has 7 fully saturated rings. The van der Waals surface area contributed by atoms with Gasteiger partial charge in [0.05, 0.1) is 48.0 Å². The fourth-order valence-corrected chi connectivity index (χ4v) is 26.7. The second kappa shape index (κ2) is 31.6. The number of aliphatic hydroxyl groups is 2. The number of fused-ring (bicyclic) bond motifs is 12. The van der Waals surface area contributed by atoms with E-state index in [1.54, 1.807) is 4.57 Å². The van der Waals surface area contributed by atoms with Gasteiger partial charge in [-0.1, -0.05) is 96.9 Å². The van der Waals surface area contributed by atoms with Crippen LogP contribution >= 0.6 is 0 Å². The molecule has 0 radical (unpaired) electrons. The maximum absolute atomic E-state index is 16.6. The number of halogens is 2. The van der Waals surface area contributed by atoms with Gasteiger partial charge in [0, 0.05) is 61.7 Å². The van der Waals surface area contributed by atoms with Crippen LogP contribution in [0.4, 0.5) is 8.78 Å². The summed E-state index contributed by atoms with van der Waals surface area (Å²) in [6.45, 7) is 37.9. The Morgan fingerprint density at radius 2 is 1.10 bits per heavy atom. The Morgan fingerprint density at radius 1 is 0.602 bits per heavy atom. The Balaban J connectivity index is 0.720. The summed E-state index contributed by atoms with van der Waals surface area (Å²) in [5.41, 5.74) is -3.53. The number of nitrogens with zero attached hydrogens (tertiary/aromatic N) is 12. The summed E-state index contributed by atoms with van der Waals surface area (Å²) >= 11 is 0. The molecule has 0 spiro atoms. The van der Waals surface area contributed by atoms with Crippen LogP contribution in [0.5, 0.6) is 0 Å². The zero-order chi connectivity index (χ0) is 86.3. The molecule has 0 bridgehead atoms. The van der Waals surface area contributed by atoms with Crippen LogP contribution in [0.3, 0.4) is 0 Å². The predicted octanol–water partition coefficient (Wildman–Crippen LogP) is 15.7. The zero-order valence-electron chi connectivity index (χ0n) is 74.2. The number of ketones is 2. The standard InChI is InChI=1S/C92H134F2N12O12/c1-22-55(117-66(109)46-82(7,8)80(113)114)28-31-85(12)53(6)27-33-89(16)63(85)25-23-56-70-68(51(2)3)61(108)45-92(70,37-35-87(56,89)14)73(112)77-100-102-79(106(77)42-40-104(20)21)75-97-50-58(94)59(98-75)43-84(11,81(115)116)47-67(110)118-65-30-32-86(13)62(83(65,9)10)29-34-90(17)64(86)26-24-57-71-69(52(4)5)60(107)44-91(71,38-36-88(57,90)15)72(111)76-99-101-78(105(76)41-39-103(18)19)74-95-48-54(93)49-96-74/h48-53,55-57,62-65,72-73,111-112H,22-47H2,1-21H3,(H,113,114)(H,115,116)/t53-,55-,56-,57-,62+,63-,64-,65+,72?,73+,84?,85+,86+,87-,88-,89-,90-,91-,92-/m1/s1. The highest BCUT2D eigenvalue weighted by atomic mass is 19.1. The number of likely N-dealkylation sites (N-methyl/N-ethyl adjacent to an activating group) is 2. The third-order valence-electron chi connectivity index (χ3n) is 33.9. The number of aliphatic carboxylic acids is 2. The summed E-state index contributed by atoms with van der Waals surface area (Å²) in [5, 5.41) is 66.4. The van der Waals surface area contributed by atoms with Crippen molar-refractivity contribution in [3.05, 3.63) is 69.9 Å². The molecule has 648 valence electrons. The van der Waals surface area contributed by atoms with Crippen molar-refractivity contribution in [1.82, 2.24) is 59.3 Å². The Kier molecular flexibility index (Phi) is 23.8. The Labute approximate surface area is 696 Å². The quantitative estimate of drug-likeness (QED) is 0.0384. The van der Waals surface area contributed by atoms with Crippen LogP contribution in [0.2, 0.25) is 0 Å². The topological polar surface area (TPSA) is 321 Å². The molecular formula is C92H134F2N12O12. The molecule has 0 saturated heterocycles. The van der Waals surface area contributed by atoms with E-state index >= 15 is 9.18 Å². The molecule has 4 N–H and O–H groups in total. The lowest BCUT2D eigenvalue weighted by molar-refractivity contribution is -0.235. The average molecular weight is 1640 g/mol. The van der Waals surface area contributed by atoms with Gasteiger partial charge in [0.15, 0.2) is 46.5 Å². The van der Waals surface area contributed by atoms with Gasteiger partial charge in [-0.2, -0.15) is 0 Å². The lowest BCUT2D eigenvalue weighted by atomic mass is 9.33. The maximum atomic E-state index is 16.6. The van der Waals surface area contributed by atoms with Crippen molar-refractivity contribution in [2.45, 2.75) is 296 Å². The zero-order valence-corrected chi connectivity index (χ0v) is 74.2. The molecule has 0 aromatic carbocycles. The highest BCUT2D eigenvalue weighted by molar-refractivity contribution is 6.01. The second-order valence-electron chi connectivity index (χ2n) is 42.2. The number of aliphatic hydroxyl groups excluding tert-OH is 2. The van der Waals surface area contributed by atoms with Gasteiger partial charge in [-0.25, -0.2) is 28.7 Å². The average Bonchev–Trinajstić information content (AvgIpc) is 1.05. The summed E-state index contributed by atoms with van der Waals surface area (Å²) in [7, 11) is 7.75. The van der Waals surface area contributed by atoms with Crippen molar-refractivity contribution in [1.29, 1.82) is 0 Å². The maximum Gasteiger partial charge on any atom is 0.310 e. The van der Waals surface area contributed by atoms with Crippen LogP contribution in [0, 0.1) is 119 Å². The summed E-state index contributed by atoms with van der Waals surface area (Å²) < 4.78 is 47.0. The first-order chi connectivity index (χ1) is 55.1. The fourth-order valence-electron chi connectivity index (χ4n) is 26.7. The first-order valence-corrected chi connectivity index (χ1v) is 44.0. The van der Waals surface area contributed by atoms with Crippen molar-refractivity contribution in [3.63, 3.8) is 0 Å². The number of ether oxygens (including phenoxy) is 2. The molecule has 19 atom stereocenters. The number of esters is 2. The summed E-state index contributed by atoms with van der Waals surface area (Å²) in [6, 6.07) is 0. The highest BCUT2D eigenvalue weighted by Gasteiger charge is 2.73. The van der Waals surface area contributed by atoms with E-state index in [2.05, 4.69) is 115 Å². The summed E-state index contributed by atoms with van der Waals surface area (Å²) in [6.07, 6.45) is 11.7. The molecule has 24 nitrogen and oxygen atoms in total. The van der Waals surface area contributed by atoms with Gasteiger partial charge in [-0.15, -0.1) is 20.4 Å². The van der Waals surface area contributed by atoms with Crippen LogP contribution in [0.1, 0.15) is 282 Å². The van der Waals surface area contributed by atoms with E-state index in [1.165, 1.54) is 20.8 Å². The van der Waals surface area contributed by atoms with Crippen molar-refractivity contribution in [2.24, 2.45) is 107 Å². The molecule has 2 unspecified atom stereocenters. The van der Waals surface area contributed by atoms with Gasteiger partial charge in [-0.05, 0) is 260 Å². The van der Waals surface area contributed by atoms with Crippen LogP contribution in [-0.2, 0) is 57.8 Å². The molecule has 13 rings (SSSR count). The van der Waals surface area contributed by atoms with E-state index in [-0.39, 0.29) is 146 Å². The monoisotopic (exact) mass is 1640 g/mol. The van der Waals surface area contributed by atoms with E-state index in [9.17, 15) is 48.8 Å². The van der Waals surface area contributed by atoms with Gasteiger partial charge >= 0.3 is 23.9 Å². The third kappa shape index (κ3) is 14.4. The molecule has 118 heavy (non-hydrogen) atoms. The largest absolute Gasteiger partial charge is 0.481 e. The number of carboxylic acids is 2. The van der Waals surface area contributed by atoms with Crippen molar-refractivity contribution in [2.75, 3.05) is 41.3 Å². The number of rotatable bonds is 28. The number of aromatic nitrogens is 10. The van der Waals surface area contributed by atoms with Gasteiger partial charge in [0.25, 0.3) is 0 Å². The van der Waals surface area contributed by atoms with E-state index in [0.29, 0.717) is 69.3 Å². The molecule has 9 aliphatic rings. The van der Waals surface area contributed by atoms with Crippen molar-refractivity contribution >= 4 is 35.4 Å². The summed E-state index contributed by atoms with van der Waals surface area (Å²) in [4.78, 5) is 105. The fraction of sp³-hybridized carbons (Fsp3) is 0.761. The Morgan fingerprint density at radius 3 is 1.60 bits per heavy atom. The van der Waals surface area contributed by atoms with Crippen molar-refractivity contribution in [3.8, 4) is 23.3 Å². The van der Waals surface area contributed by atoms with Gasteiger partial charge in [-0.3, -0.25) is 28.8 Å². The van der Waals surface area contributed by atoms with E-state index < -0.39 is 93.7 Å². The van der Waals surface area contributed by atoms with Gasteiger partial charge in [0.2, 0.25) is 11.6 Å². The third-order valence-corrected chi connectivity index (χ3v) is 33.9. The molecule has 4 aromatic heterocycles. The minimum absolute atomic E-state index is 0.0159. The number of carboxylic acid groups (broad SMARTS) is 2. The lowest BCUT2D eigenvalue weighted by Gasteiger charge is -2.72. The summed E-state index contributed by atoms with van der Waals surface area (Å²) in [5.74, 6) is -3.16. The first-order valence-electron chi connectivity index (χ1n) is 44.0. The van der Waals surface area contributed by atoms with E-state index in [4.69, 9.17) is 24.7 Å². The number of Topliss-reactive ketones (excluding diaryl/α,β-unsaturated/α-hetero) is 2. The Bertz CT molecular complexity index is 4630. The Hall–Kier alpha value is -7.16. The normalized spacial score (nSPS) is 33.8. The molecule has 0 aliphatic heterocycles. The highest BCUT2D eigenvalue weighted by Crippen LogP contribution is 2.79. The van der Waals surface area contributed by atoms with Crippen LogP contribution in [-0.4, -0.2) is 169 Å². The SMILES string of the molecule is CC[C@H](CC[C@@]1(C)[C@H](C)CC[C@]2(C)[C@@H]1CC[C@@H]1C3=C(C(C)C)C(=O)C[C@]3([C@@H](O)c3nnc(-c4ncc(F)c(CC(C)(CC(=O)O[C@H]5CC[C@]6(C)[C@H]7CC[C@@H]8C9=C(C(C)C)C(=O)C[C@]9(C(O)c9nnc(-c%10ncc(F)cn%10)n9CCN(C)C)CC[C@@]8(C)[C@]7(C)CC[C@H]6C5(C)C)C(=O)O)n4)n3CCN(C)C)CC[C@]12C)OC(=O)CC(C)(C)C(=O)O.